The second-order valence-corrected chi connectivity index (χ2v) is 10.1. The molecule has 1 heterocycles. The van der Waals surface area contributed by atoms with E-state index >= 15 is 0 Å². The molecule has 8 nitrogen and oxygen atoms in total. The first-order valence-corrected chi connectivity index (χ1v) is 12.5. The number of nitrogens with zero attached hydrogens (tertiary/aromatic N) is 1. The molecule has 1 aromatic heterocycles. The summed E-state index contributed by atoms with van der Waals surface area (Å²) in [6.07, 6.45) is -4.54. The average Bonchev–Trinajstić information content (AvgIpc) is 2.81. The summed E-state index contributed by atoms with van der Waals surface area (Å²) in [6, 6.07) is 11.8. The van der Waals surface area contributed by atoms with Crippen LogP contribution in [0.5, 0.6) is 0 Å². The molecule has 2 aromatic carbocycles. The molecule has 2 unspecified atom stereocenters. The van der Waals surface area contributed by atoms with Crippen LogP contribution in [0.3, 0.4) is 0 Å². The van der Waals surface area contributed by atoms with Crippen LogP contribution in [0.4, 0.5) is 13.2 Å². The summed E-state index contributed by atoms with van der Waals surface area (Å²) in [5.74, 6) is -0.956. The Hall–Kier alpha value is -3.22. The van der Waals surface area contributed by atoms with Crippen LogP contribution in [-0.2, 0) is 38.0 Å². The molecular weight excluding hydrogens is 501 g/mol. The predicted octanol–water partition coefficient (Wildman–Crippen LogP) is 3.61. The number of rotatable bonds is 6. The zero-order chi connectivity index (χ0) is 26.3. The summed E-state index contributed by atoms with van der Waals surface area (Å²) in [5.41, 5.74) is 1.91. The van der Waals surface area contributed by atoms with Crippen LogP contribution >= 0.6 is 0 Å². The lowest BCUT2D eigenvalue weighted by Gasteiger charge is -2.43. The summed E-state index contributed by atoms with van der Waals surface area (Å²) in [4.78, 5) is 25.5. The fourth-order valence-corrected chi connectivity index (χ4v) is 5.39. The number of amides is 1. The Bertz CT molecular complexity index is 1470. The molecular formula is C24H23F3N2O6S. The smallest absolute Gasteiger partial charge is 0.371 e. The quantitative estimate of drug-likeness (QED) is 0.474. The number of alkyl halides is 3. The van der Waals surface area contributed by atoms with Crippen molar-refractivity contribution in [1.29, 1.82) is 0 Å². The summed E-state index contributed by atoms with van der Waals surface area (Å²) in [5, 5.41) is -0.676. The van der Waals surface area contributed by atoms with Crippen molar-refractivity contribution in [2.24, 2.45) is 5.73 Å². The zero-order valence-electron chi connectivity index (χ0n) is 18.9. The molecule has 12 heteroatoms. The number of halogens is 3. The van der Waals surface area contributed by atoms with E-state index in [0.29, 0.717) is 31.4 Å². The molecule has 0 saturated heterocycles. The van der Waals surface area contributed by atoms with Crippen molar-refractivity contribution >= 4 is 26.9 Å². The lowest BCUT2D eigenvalue weighted by atomic mass is 9.77. The topological polar surface area (TPSA) is 129 Å². The number of carbonyl (C=O) groups excluding carboxylic acids is 1. The van der Waals surface area contributed by atoms with E-state index in [9.17, 15) is 35.7 Å². The van der Waals surface area contributed by atoms with E-state index in [0.717, 1.165) is 22.3 Å². The minimum atomic E-state index is -5.02. The van der Waals surface area contributed by atoms with Crippen molar-refractivity contribution in [3.8, 4) is 0 Å². The number of nitrogens with two attached hydrogens (primary N) is 1. The van der Waals surface area contributed by atoms with Gasteiger partial charge < -0.3 is 10.5 Å². The van der Waals surface area contributed by atoms with Crippen LogP contribution in [0, 0.1) is 0 Å². The fourth-order valence-electron chi connectivity index (χ4n) is 4.88. The largest absolute Gasteiger partial charge is 0.417 e. The lowest BCUT2D eigenvalue weighted by Crippen LogP contribution is -2.60. The molecule has 1 aliphatic rings. The number of benzene rings is 2. The minimum Gasteiger partial charge on any atom is -0.371 e. The Balaban J connectivity index is 1.98. The Morgan fingerprint density at radius 1 is 1.14 bits per heavy atom. The highest BCUT2D eigenvalue weighted by Gasteiger charge is 2.50. The third kappa shape index (κ3) is 4.63. The van der Waals surface area contributed by atoms with Crippen molar-refractivity contribution < 1.29 is 35.7 Å². The number of primary amides is 1. The molecule has 0 radical (unpaired) electrons. The zero-order valence-corrected chi connectivity index (χ0v) is 19.7. The highest BCUT2D eigenvalue weighted by Crippen LogP contribution is 2.41. The van der Waals surface area contributed by atoms with Gasteiger partial charge in [-0.25, -0.2) is 0 Å². The van der Waals surface area contributed by atoms with Crippen LogP contribution in [0.2, 0.25) is 0 Å². The van der Waals surface area contributed by atoms with Gasteiger partial charge >= 0.3 is 6.18 Å². The van der Waals surface area contributed by atoms with Crippen molar-refractivity contribution in [3.63, 3.8) is 0 Å². The molecule has 0 bridgehead atoms. The summed E-state index contributed by atoms with van der Waals surface area (Å²) >= 11 is 0. The van der Waals surface area contributed by atoms with Crippen LogP contribution in [0.25, 0.3) is 10.9 Å². The number of hydrogen-bond donors (Lipinski definition) is 2. The Morgan fingerprint density at radius 2 is 1.83 bits per heavy atom. The van der Waals surface area contributed by atoms with Crippen molar-refractivity contribution in [3.05, 3.63) is 76.1 Å². The van der Waals surface area contributed by atoms with Gasteiger partial charge in [0.05, 0.1) is 28.7 Å². The van der Waals surface area contributed by atoms with Crippen molar-refractivity contribution in [2.45, 2.75) is 55.0 Å². The third-order valence-electron chi connectivity index (χ3n) is 6.52. The number of aromatic nitrogens is 1. The molecule has 1 amide bonds. The molecule has 1 fully saturated rings. The predicted molar refractivity (Wildman–Crippen MR) is 124 cm³/mol. The van der Waals surface area contributed by atoms with Gasteiger partial charge in [0.15, 0.2) is 5.54 Å². The summed E-state index contributed by atoms with van der Waals surface area (Å²) < 4.78 is 81.2. The minimum absolute atomic E-state index is 0.0300. The second-order valence-electron chi connectivity index (χ2n) is 8.70. The summed E-state index contributed by atoms with van der Waals surface area (Å²) in [7, 11) is -4.86. The number of ether oxygens (including phenoxy) is 1. The molecule has 3 N–H and O–H groups in total. The number of pyridine rings is 1. The normalized spacial score (nSPS) is 20.9. The van der Waals surface area contributed by atoms with Crippen LogP contribution in [0.1, 0.15) is 36.8 Å². The molecule has 1 saturated carbocycles. The maximum Gasteiger partial charge on any atom is 0.417 e. The lowest BCUT2D eigenvalue weighted by molar-refractivity contribution is -0.141. The van der Waals surface area contributed by atoms with Gasteiger partial charge in [-0.1, -0.05) is 43.2 Å². The van der Waals surface area contributed by atoms with E-state index < -0.39 is 55.2 Å². The maximum atomic E-state index is 13.9. The third-order valence-corrected chi connectivity index (χ3v) is 7.37. The van der Waals surface area contributed by atoms with Crippen LogP contribution in [0.15, 0.2) is 64.3 Å². The number of fused-ring (bicyclic) bond motifs is 1. The standard InChI is InChI=1S/C24H23F3N2O6S/c25-24(26,27)18-13-21(30)29(19-10-9-16(12-17(18)19)36(32,33)34)23(22(28)31)11-5-4-8-20(23)35-14-15-6-2-1-3-7-15/h1-3,6-7,9-10,12-13,20H,4-5,8,11,14H2,(H2,28,31)(H,32,33,34). The maximum absolute atomic E-state index is 13.9. The van der Waals surface area contributed by atoms with Crippen LogP contribution < -0.4 is 11.3 Å². The Labute approximate surface area is 204 Å². The van der Waals surface area contributed by atoms with Gasteiger partial charge in [0.25, 0.3) is 15.7 Å². The van der Waals surface area contributed by atoms with Gasteiger partial charge in [-0.2, -0.15) is 21.6 Å². The second kappa shape index (κ2) is 9.34. The molecule has 0 spiro atoms. The molecule has 4 rings (SSSR count). The average molecular weight is 525 g/mol. The fraction of sp³-hybridized carbons (Fsp3) is 0.333. The van der Waals surface area contributed by atoms with E-state index in [-0.39, 0.29) is 18.5 Å². The molecule has 3 aromatic rings. The molecule has 0 aliphatic heterocycles. The first-order valence-electron chi connectivity index (χ1n) is 11.1. The molecule has 1 aliphatic carbocycles. The van der Waals surface area contributed by atoms with E-state index in [1.807, 2.05) is 6.07 Å². The first-order chi connectivity index (χ1) is 16.9. The van der Waals surface area contributed by atoms with Gasteiger partial charge in [-0.3, -0.25) is 18.7 Å². The number of hydrogen-bond acceptors (Lipinski definition) is 5. The van der Waals surface area contributed by atoms with Gasteiger partial charge in [0.2, 0.25) is 5.91 Å². The monoisotopic (exact) mass is 524 g/mol. The van der Waals surface area contributed by atoms with Crippen LogP contribution in [-0.4, -0.2) is 29.5 Å². The highest BCUT2D eigenvalue weighted by atomic mass is 32.2. The van der Waals surface area contributed by atoms with E-state index in [1.165, 1.54) is 0 Å². The van der Waals surface area contributed by atoms with Gasteiger partial charge in [-0.15, -0.1) is 0 Å². The first kappa shape index (κ1) is 25.9. The molecule has 2 atom stereocenters. The van der Waals surface area contributed by atoms with Gasteiger partial charge in [0, 0.05) is 11.5 Å². The van der Waals surface area contributed by atoms with Gasteiger partial charge in [-0.05, 0) is 36.6 Å². The highest BCUT2D eigenvalue weighted by molar-refractivity contribution is 7.85. The van der Waals surface area contributed by atoms with Crippen molar-refractivity contribution in [2.75, 3.05) is 0 Å². The number of carbonyl (C=O) groups is 1. The van der Waals surface area contributed by atoms with E-state index in [4.69, 9.17) is 10.5 Å². The van der Waals surface area contributed by atoms with Gasteiger partial charge in [0.1, 0.15) is 0 Å². The molecule has 36 heavy (non-hydrogen) atoms. The SMILES string of the molecule is NC(=O)C1(n2c(=O)cc(C(F)(F)F)c3cc(S(=O)(=O)O)ccc32)CCCCC1OCc1ccccc1. The summed E-state index contributed by atoms with van der Waals surface area (Å²) in [6.45, 7) is 0.0702. The Morgan fingerprint density at radius 3 is 2.44 bits per heavy atom. The Kier molecular flexibility index (Phi) is 6.71. The van der Waals surface area contributed by atoms with Crippen molar-refractivity contribution in [1.82, 2.24) is 4.57 Å². The molecule has 192 valence electrons. The van der Waals surface area contributed by atoms with E-state index in [2.05, 4.69) is 0 Å². The van der Waals surface area contributed by atoms with E-state index in [1.54, 1.807) is 24.3 Å².